The van der Waals surface area contributed by atoms with Crippen LogP contribution in [-0.4, -0.2) is 53.0 Å². The lowest BCUT2D eigenvalue weighted by atomic mass is 9.51. The van der Waals surface area contributed by atoms with E-state index in [1.54, 1.807) is 6.07 Å². The smallest absolute Gasteiger partial charge is 0.253 e. The highest BCUT2D eigenvalue weighted by molar-refractivity contribution is 5.94. The van der Waals surface area contributed by atoms with Gasteiger partial charge < -0.3 is 19.8 Å². The van der Waals surface area contributed by atoms with E-state index in [1.807, 2.05) is 43.3 Å². The maximum absolute atomic E-state index is 16.1. The van der Waals surface area contributed by atoms with Crippen LogP contribution in [0.4, 0.5) is 4.39 Å². The molecule has 0 heterocycles. The molecule has 4 aliphatic carbocycles. The molecule has 5 nitrogen and oxygen atoms in total. The van der Waals surface area contributed by atoms with Crippen LogP contribution >= 0.6 is 0 Å². The Morgan fingerprint density at radius 1 is 1.00 bits per heavy atom. The lowest BCUT2D eigenvalue weighted by Gasteiger charge is -2.54. The van der Waals surface area contributed by atoms with Gasteiger partial charge in [-0.25, -0.2) is 4.39 Å². The summed E-state index contributed by atoms with van der Waals surface area (Å²) in [4.78, 5) is 15.8. The third-order valence-electron chi connectivity index (χ3n) is 12.4. The molecular formula is C40H56FNO4. The van der Waals surface area contributed by atoms with Gasteiger partial charge in [-0.3, -0.25) is 4.79 Å². The van der Waals surface area contributed by atoms with Crippen LogP contribution in [-0.2, 0) is 6.42 Å². The van der Waals surface area contributed by atoms with Gasteiger partial charge in [0.2, 0.25) is 0 Å². The zero-order valence-electron chi connectivity index (χ0n) is 28.1. The van der Waals surface area contributed by atoms with Crippen molar-refractivity contribution in [2.45, 2.75) is 122 Å². The van der Waals surface area contributed by atoms with Crippen molar-refractivity contribution in [2.75, 3.05) is 19.7 Å². The van der Waals surface area contributed by atoms with Gasteiger partial charge in [0, 0.05) is 24.6 Å². The van der Waals surface area contributed by atoms with E-state index in [4.69, 9.17) is 4.74 Å². The van der Waals surface area contributed by atoms with Crippen LogP contribution in [0.3, 0.4) is 0 Å². The summed E-state index contributed by atoms with van der Waals surface area (Å²) in [6, 6.07) is 13.2. The minimum atomic E-state index is -0.965. The highest BCUT2D eigenvalue weighted by Gasteiger charge is 2.59. The van der Waals surface area contributed by atoms with Gasteiger partial charge in [0.1, 0.15) is 17.7 Å². The summed E-state index contributed by atoms with van der Waals surface area (Å²) in [6.07, 6.45) is 13.3. The Morgan fingerprint density at radius 3 is 2.52 bits per heavy atom. The topological polar surface area (TPSA) is 70.0 Å². The summed E-state index contributed by atoms with van der Waals surface area (Å²) in [7, 11) is 0. The van der Waals surface area contributed by atoms with E-state index in [0.717, 1.165) is 86.9 Å². The summed E-state index contributed by atoms with van der Waals surface area (Å²) in [6.45, 7) is 6.34. The molecule has 0 bridgehead atoms. The minimum absolute atomic E-state index is 0.128. The largest absolute Gasteiger partial charge is 0.508 e. The second kappa shape index (κ2) is 14.7. The molecule has 0 spiro atoms. The number of hydrogen-bond acceptors (Lipinski definition) is 4. The number of benzene rings is 2. The minimum Gasteiger partial charge on any atom is -0.508 e. The van der Waals surface area contributed by atoms with Crippen molar-refractivity contribution in [1.82, 2.24) is 4.90 Å². The quantitative estimate of drug-likeness (QED) is 0.229. The van der Waals surface area contributed by atoms with Crippen molar-refractivity contribution in [2.24, 2.45) is 29.1 Å². The van der Waals surface area contributed by atoms with Gasteiger partial charge in [-0.15, -0.1) is 0 Å². The van der Waals surface area contributed by atoms with Gasteiger partial charge in [-0.2, -0.15) is 0 Å². The number of halogens is 1. The van der Waals surface area contributed by atoms with Crippen LogP contribution in [0, 0.1) is 29.1 Å². The number of phenols is 1. The highest BCUT2D eigenvalue weighted by Crippen LogP contribution is 2.63. The first-order valence-electron chi connectivity index (χ1n) is 18.4. The third-order valence-corrected chi connectivity index (χ3v) is 12.4. The molecular weight excluding hydrogens is 577 g/mol. The van der Waals surface area contributed by atoms with Gasteiger partial charge in [0.25, 0.3) is 5.91 Å². The molecule has 0 aromatic heterocycles. The summed E-state index contributed by atoms with van der Waals surface area (Å²) >= 11 is 0. The van der Waals surface area contributed by atoms with Crippen LogP contribution in [0.5, 0.6) is 11.5 Å². The van der Waals surface area contributed by atoms with Crippen molar-refractivity contribution in [3.05, 3.63) is 59.2 Å². The molecule has 252 valence electrons. The van der Waals surface area contributed by atoms with Gasteiger partial charge in [0.05, 0.1) is 12.7 Å². The molecule has 3 saturated carbocycles. The summed E-state index contributed by atoms with van der Waals surface area (Å²) < 4.78 is 21.7. The fraction of sp³-hybridized carbons (Fsp3) is 0.675. The normalized spacial score (nSPS) is 30.7. The number of hydrogen-bond donors (Lipinski definition) is 2. The fourth-order valence-electron chi connectivity index (χ4n) is 10.1. The van der Waals surface area contributed by atoms with Crippen molar-refractivity contribution in [1.29, 1.82) is 0 Å². The van der Waals surface area contributed by atoms with Crippen molar-refractivity contribution >= 4 is 5.91 Å². The molecule has 1 amide bonds. The van der Waals surface area contributed by atoms with Crippen LogP contribution in [0.2, 0.25) is 0 Å². The highest BCUT2D eigenvalue weighted by atomic mass is 19.1. The van der Waals surface area contributed by atoms with E-state index in [9.17, 15) is 15.0 Å². The van der Waals surface area contributed by atoms with E-state index in [0.29, 0.717) is 30.8 Å². The second-order valence-corrected chi connectivity index (χ2v) is 15.3. The second-order valence-electron chi connectivity index (χ2n) is 15.3. The molecule has 2 aromatic carbocycles. The molecule has 0 radical (unpaired) electrons. The van der Waals surface area contributed by atoms with Crippen molar-refractivity contribution in [3.63, 3.8) is 0 Å². The molecule has 2 aromatic rings. The number of rotatable bonds is 12. The number of amides is 1. The van der Waals surface area contributed by atoms with E-state index in [1.165, 1.54) is 32.1 Å². The average Bonchev–Trinajstić information content (AvgIpc) is 3.35. The molecule has 46 heavy (non-hydrogen) atoms. The number of aliphatic hydroxyl groups is 1. The average molecular weight is 634 g/mol. The fourth-order valence-corrected chi connectivity index (χ4v) is 10.1. The van der Waals surface area contributed by atoms with Crippen molar-refractivity contribution < 1.29 is 24.1 Å². The molecule has 6 heteroatoms. The number of aromatic hydroxyl groups is 1. The number of carbonyl (C=O) groups is 1. The Balaban J connectivity index is 1.07. The standard InChI is InChI=1S/C40H56FNO4/c1-3-46-32-17-14-28(15-18-32)39(45)42(26-27-11-7-6-8-12-27)22-10-5-4-9-13-29-23-30-24-31(43)16-19-33(30)38-35(41)25-40(2)34(37(29)38)20-21-36(40)44/h14-19,24,27,29,34-38,43-44H,3-13,20-23,25-26H2,1-2H3/t29-,34?,35+,36+,37?,38?,40+/m1/s1. The number of phenolic OH excluding ortho intramolecular Hbond substituents is 1. The number of aliphatic hydroxyl groups excluding tert-OH is 1. The van der Waals surface area contributed by atoms with Gasteiger partial charge >= 0.3 is 0 Å². The zero-order valence-corrected chi connectivity index (χ0v) is 28.1. The third kappa shape index (κ3) is 6.98. The SMILES string of the molecule is CCOc1ccc(C(=O)N(CCCCCC[C@@H]2Cc3cc(O)ccc3C3C2C2CC[C@H](O)[C@@]2(C)C[C@@H]3F)CC2CCCCC2)cc1. The van der Waals surface area contributed by atoms with E-state index < -0.39 is 12.3 Å². The molecule has 7 atom stereocenters. The molecule has 3 fully saturated rings. The number of nitrogens with zero attached hydrogens (tertiary/aromatic N) is 1. The first kappa shape index (κ1) is 33.3. The summed E-state index contributed by atoms with van der Waals surface area (Å²) in [5, 5.41) is 21.2. The number of unbranched alkanes of at least 4 members (excludes halogenated alkanes) is 3. The van der Waals surface area contributed by atoms with Crippen LogP contribution < -0.4 is 4.74 Å². The number of carbonyl (C=O) groups excluding carboxylic acids is 1. The predicted octanol–water partition coefficient (Wildman–Crippen LogP) is 8.86. The van der Waals surface area contributed by atoms with Crippen LogP contribution in [0.1, 0.15) is 125 Å². The monoisotopic (exact) mass is 633 g/mol. The lowest BCUT2D eigenvalue weighted by molar-refractivity contribution is -0.0722. The Kier molecular flexibility index (Phi) is 10.6. The van der Waals surface area contributed by atoms with Gasteiger partial charge in [0.15, 0.2) is 0 Å². The Hall–Kier alpha value is -2.60. The Morgan fingerprint density at radius 2 is 1.76 bits per heavy atom. The lowest BCUT2D eigenvalue weighted by Crippen LogP contribution is -2.51. The van der Waals surface area contributed by atoms with Crippen molar-refractivity contribution in [3.8, 4) is 11.5 Å². The van der Waals surface area contributed by atoms with Crippen LogP contribution in [0.15, 0.2) is 42.5 Å². The molecule has 0 saturated heterocycles. The molecule has 2 N–H and O–H groups in total. The number of alkyl halides is 1. The Bertz CT molecular complexity index is 1310. The number of fused-ring (bicyclic) bond motifs is 5. The summed E-state index contributed by atoms with van der Waals surface area (Å²) in [5.74, 6) is 2.58. The molecule has 6 rings (SSSR count). The Labute approximate surface area is 275 Å². The maximum atomic E-state index is 16.1. The van der Waals surface area contributed by atoms with Gasteiger partial charge in [-0.05, 0) is 135 Å². The predicted molar refractivity (Wildman–Crippen MR) is 181 cm³/mol. The van der Waals surface area contributed by atoms with Gasteiger partial charge in [-0.1, -0.05) is 51.5 Å². The van der Waals surface area contributed by atoms with E-state index in [2.05, 4.69) is 11.8 Å². The molecule has 3 unspecified atom stereocenters. The first-order valence-corrected chi connectivity index (χ1v) is 18.4. The number of ether oxygens (including phenoxy) is 1. The molecule has 0 aliphatic heterocycles. The van der Waals surface area contributed by atoms with E-state index >= 15 is 4.39 Å². The van der Waals surface area contributed by atoms with Crippen LogP contribution in [0.25, 0.3) is 0 Å². The zero-order chi connectivity index (χ0) is 32.3. The molecule has 4 aliphatic rings. The first-order chi connectivity index (χ1) is 22.3. The summed E-state index contributed by atoms with van der Waals surface area (Å²) in [5.41, 5.74) is 2.60. The maximum Gasteiger partial charge on any atom is 0.253 e. The van der Waals surface area contributed by atoms with E-state index in [-0.39, 0.29) is 28.9 Å².